The number of hydrogen-bond donors (Lipinski definition) is 1. The fraction of sp³-hybridized carbons (Fsp3) is 0.833. The Kier molecular flexibility index (Phi) is 4.66. The second kappa shape index (κ2) is 4.83. The monoisotopic (exact) mass is 199 g/mol. The molecule has 0 unspecified atom stereocenters. The first-order valence-electron chi connectivity index (χ1n) is 5.14. The first kappa shape index (κ1) is 13.5. The van der Waals surface area contributed by atoms with Gasteiger partial charge in [-0.1, -0.05) is 48.1 Å². The van der Waals surface area contributed by atoms with Crippen molar-refractivity contribution >= 4 is 0 Å². The lowest BCUT2D eigenvalue weighted by Crippen LogP contribution is -2.27. The fourth-order valence-electron chi connectivity index (χ4n) is 0.761. The highest BCUT2D eigenvalue weighted by atomic mass is 16.5. The molecule has 0 aliphatic rings. The van der Waals surface area contributed by atoms with Crippen molar-refractivity contribution < 1.29 is 4.74 Å². The Morgan fingerprint density at radius 1 is 1.14 bits per heavy atom. The van der Waals surface area contributed by atoms with E-state index < -0.39 is 0 Å². The van der Waals surface area contributed by atoms with Crippen LogP contribution in [0.5, 0.6) is 0 Å². The standard InChI is InChI=1S/C12H25NO/c1-10(12(5,6)7)13-9-14-8-11(2,3)4/h13H,1,8-9H2,2-7H3. The summed E-state index contributed by atoms with van der Waals surface area (Å²) in [4.78, 5) is 0. The third kappa shape index (κ3) is 6.96. The van der Waals surface area contributed by atoms with Gasteiger partial charge in [-0.15, -0.1) is 0 Å². The van der Waals surface area contributed by atoms with Crippen LogP contribution in [0.15, 0.2) is 12.3 Å². The smallest absolute Gasteiger partial charge is 0.116 e. The van der Waals surface area contributed by atoms with Gasteiger partial charge < -0.3 is 10.1 Å². The maximum atomic E-state index is 5.49. The molecule has 1 N–H and O–H groups in total. The highest BCUT2D eigenvalue weighted by Crippen LogP contribution is 2.20. The predicted molar refractivity (Wildman–Crippen MR) is 62.0 cm³/mol. The van der Waals surface area contributed by atoms with Gasteiger partial charge in [-0.05, 0) is 5.41 Å². The molecule has 0 amide bonds. The van der Waals surface area contributed by atoms with E-state index in [1.54, 1.807) is 0 Å². The van der Waals surface area contributed by atoms with Crippen molar-refractivity contribution in [2.45, 2.75) is 41.5 Å². The highest BCUT2D eigenvalue weighted by molar-refractivity contribution is 5.01. The van der Waals surface area contributed by atoms with E-state index in [-0.39, 0.29) is 10.8 Å². The summed E-state index contributed by atoms with van der Waals surface area (Å²) in [5.41, 5.74) is 1.35. The third-order valence-corrected chi connectivity index (χ3v) is 1.83. The lowest BCUT2D eigenvalue weighted by atomic mass is 9.93. The van der Waals surface area contributed by atoms with Crippen molar-refractivity contribution in [2.75, 3.05) is 13.3 Å². The van der Waals surface area contributed by atoms with Gasteiger partial charge in [0.05, 0.1) is 6.61 Å². The summed E-state index contributed by atoms with van der Waals surface area (Å²) in [6, 6.07) is 0. The van der Waals surface area contributed by atoms with Crippen LogP contribution in [0, 0.1) is 10.8 Å². The molecule has 0 atom stereocenters. The first-order valence-corrected chi connectivity index (χ1v) is 5.14. The summed E-state index contributed by atoms with van der Waals surface area (Å²) in [7, 11) is 0. The van der Waals surface area contributed by atoms with Crippen molar-refractivity contribution in [1.29, 1.82) is 0 Å². The predicted octanol–water partition coefficient (Wildman–Crippen LogP) is 3.16. The minimum Gasteiger partial charge on any atom is -0.366 e. The molecular formula is C12H25NO. The molecule has 0 heterocycles. The molecule has 0 aliphatic carbocycles. The van der Waals surface area contributed by atoms with E-state index in [4.69, 9.17) is 4.74 Å². The summed E-state index contributed by atoms with van der Waals surface area (Å²) in [6.45, 7) is 18.1. The Morgan fingerprint density at radius 3 is 2.00 bits per heavy atom. The molecule has 0 aromatic rings. The van der Waals surface area contributed by atoms with Crippen molar-refractivity contribution in [3.63, 3.8) is 0 Å². The van der Waals surface area contributed by atoms with Gasteiger partial charge in [0.2, 0.25) is 0 Å². The molecule has 0 saturated heterocycles. The number of nitrogens with one attached hydrogen (secondary N) is 1. The Labute approximate surface area is 88.7 Å². The SMILES string of the molecule is C=C(NCOCC(C)(C)C)C(C)(C)C. The van der Waals surface area contributed by atoms with Gasteiger partial charge in [0.1, 0.15) is 6.73 Å². The van der Waals surface area contributed by atoms with Crippen LogP contribution in [0.25, 0.3) is 0 Å². The zero-order valence-electron chi connectivity index (χ0n) is 10.5. The number of hydrogen-bond acceptors (Lipinski definition) is 2. The van der Waals surface area contributed by atoms with Crippen molar-refractivity contribution in [2.24, 2.45) is 10.8 Å². The average Bonchev–Trinajstić information content (AvgIpc) is 1.93. The lowest BCUT2D eigenvalue weighted by molar-refractivity contribution is 0.0610. The Hall–Kier alpha value is -0.500. The zero-order chi connectivity index (χ0) is 11.4. The van der Waals surface area contributed by atoms with Gasteiger partial charge in [0.25, 0.3) is 0 Å². The minimum atomic E-state index is 0.102. The largest absolute Gasteiger partial charge is 0.366 e. The molecule has 0 aromatic heterocycles. The second-order valence-electron chi connectivity index (χ2n) is 5.96. The molecule has 2 nitrogen and oxygen atoms in total. The lowest BCUT2D eigenvalue weighted by Gasteiger charge is -2.24. The summed E-state index contributed by atoms with van der Waals surface area (Å²) < 4.78 is 5.49. The van der Waals surface area contributed by atoms with Gasteiger partial charge in [0.15, 0.2) is 0 Å². The zero-order valence-corrected chi connectivity index (χ0v) is 10.5. The molecule has 0 aromatic carbocycles. The van der Waals surface area contributed by atoms with Crippen LogP contribution in [0.4, 0.5) is 0 Å². The maximum absolute atomic E-state index is 5.49. The van der Waals surface area contributed by atoms with Crippen LogP contribution in [-0.4, -0.2) is 13.3 Å². The van der Waals surface area contributed by atoms with Gasteiger partial charge >= 0.3 is 0 Å². The van der Waals surface area contributed by atoms with Crippen molar-refractivity contribution in [3.05, 3.63) is 12.3 Å². The maximum Gasteiger partial charge on any atom is 0.116 e. The Balaban J connectivity index is 3.62. The molecule has 0 aliphatic heterocycles. The summed E-state index contributed by atoms with van der Waals surface area (Å²) in [5, 5.41) is 3.18. The Bertz CT molecular complexity index is 183. The number of rotatable bonds is 4. The molecule has 0 radical (unpaired) electrons. The van der Waals surface area contributed by atoms with Crippen molar-refractivity contribution in [3.8, 4) is 0 Å². The molecule has 0 saturated carbocycles. The van der Waals surface area contributed by atoms with E-state index in [0.717, 1.165) is 12.3 Å². The second-order valence-corrected chi connectivity index (χ2v) is 5.96. The van der Waals surface area contributed by atoms with Crippen LogP contribution in [-0.2, 0) is 4.74 Å². The molecular weight excluding hydrogens is 174 g/mol. The number of ether oxygens (including phenoxy) is 1. The fourth-order valence-corrected chi connectivity index (χ4v) is 0.761. The molecule has 2 heteroatoms. The van der Waals surface area contributed by atoms with Gasteiger partial charge in [-0.3, -0.25) is 0 Å². The number of allylic oxidation sites excluding steroid dienone is 1. The molecule has 0 fully saturated rings. The van der Waals surface area contributed by atoms with E-state index in [1.807, 2.05) is 0 Å². The van der Waals surface area contributed by atoms with E-state index in [9.17, 15) is 0 Å². The molecule has 0 spiro atoms. The normalized spacial score (nSPS) is 12.7. The third-order valence-electron chi connectivity index (χ3n) is 1.83. The molecule has 0 rings (SSSR count). The van der Waals surface area contributed by atoms with Gasteiger partial charge in [-0.2, -0.15) is 0 Å². The van der Waals surface area contributed by atoms with Crippen LogP contribution >= 0.6 is 0 Å². The average molecular weight is 199 g/mol. The van der Waals surface area contributed by atoms with Crippen LogP contribution in [0.2, 0.25) is 0 Å². The quantitative estimate of drug-likeness (QED) is 0.554. The summed E-state index contributed by atoms with van der Waals surface area (Å²) in [5.74, 6) is 0. The highest BCUT2D eigenvalue weighted by Gasteiger charge is 2.14. The van der Waals surface area contributed by atoms with Crippen molar-refractivity contribution in [1.82, 2.24) is 5.32 Å². The van der Waals surface area contributed by atoms with E-state index in [1.165, 1.54) is 0 Å². The summed E-state index contributed by atoms with van der Waals surface area (Å²) >= 11 is 0. The van der Waals surface area contributed by atoms with Crippen LogP contribution in [0.1, 0.15) is 41.5 Å². The van der Waals surface area contributed by atoms with Gasteiger partial charge in [0, 0.05) is 11.1 Å². The molecule has 14 heavy (non-hydrogen) atoms. The topological polar surface area (TPSA) is 21.3 Å². The summed E-state index contributed by atoms with van der Waals surface area (Å²) in [6.07, 6.45) is 0. The molecule has 0 bridgehead atoms. The first-order chi connectivity index (χ1) is 6.13. The van der Waals surface area contributed by atoms with E-state index >= 15 is 0 Å². The minimum absolute atomic E-state index is 0.102. The van der Waals surface area contributed by atoms with E-state index in [2.05, 4.69) is 53.4 Å². The van der Waals surface area contributed by atoms with Crippen LogP contribution < -0.4 is 5.32 Å². The Morgan fingerprint density at radius 2 is 1.64 bits per heavy atom. The van der Waals surface area contributed by atoms with Crippen LogP contribution in [0.3, 0.4) is 0 Å². The molecule has 84 valence electrons. The van der Waals surface area contributed by atoms with Gasteiger partial charge in [-0.25, -0.2) is 0 Å². The van der Waals surface area contributed by atoms with E-state index in [0.29, 0.717) is 6.73 Å².